The van der Waals surface area contributed by atoms with E-state index in [2.05, 4.69) is 39.1 Å². The molecule has 4 heterocycles. The fourth-order valence-corrected chi connectivity index (χ4v) is 4.76. The van der Waals surface area contributed by atoms with Crippen molar-refractivity contribution in [3.63, 3.8) is 0 Å². The lowest BCUT2D eigenvalue weighted by molar-refractivity contribution is 0.0953. The summed E-state index contributed by atoms with van der Waals surface area (Å²) in [5, 5.41) is 18.0. The zero-order valence-corrected chi connectivity index (χ0v) is 20.9. The van der Waals surface area contributed by atoms with Gasteiger partial charge in [0.2, 0.25) is 5.88 Å². The van der Waals surface area contributed by atoms with Crippen LogP contribution in [0.25, 0.3) is 22.3 Å². The number of fused-ring (bicyclic) bond motifs is 1. The molecule has 4 aromatic heterocycles. The molecule has 1 fully saturated rings. The van der Waals surface area contributed by atoms with Crippen molar-refractivity contribution in [2.24, 2.45) is 4.99 Å². The fraction of sp³-hybridized carbons (Fsp3) is 0.375. The van der Waals surface area contributed by atoms with Crippen LogP contribution in [0.1, 0.15) is 42.1 Å². The normalized spacial score (nSPS) is 14.9. The zero-order chi connectivity index (χ0) is 25.2. The minimum Gasteiger partial charge on any atom is -0.493 e. The molecule has 4 aromatic rings. The quantitative estimate of drug-likeness (QED) is 0.264. The molecular formula is C24H28N8O3S. The number of hydrogen-bond acceptors (Lipinski definition) is 8. The molecule has 1 saturated carbocycles. The van der Waals surface area contributed by atoms with Crippen molar-refractivity contribution in [2.45, 2.75) is 32.7 Å². The molecule has 0 spiro atoms. The fourth-order valence-electron chi connectivity index (χ4n) is 3.87. The van der Waals surface area contributed by atoms with Crippen LogP contribution in [0.15, 0.2) is 34.2 Å². The van der Waals surface area contributed by atoms with Crippen LogP contribution in [0.5, 0.6) is 5.88 Å². The van der Waals surface area contributed by atoms with Gasteiger partial charge in [0.15, 0.2) is 11.1 Å². The number of carbonyl (C=O) groups excluding carboxylic acids is 1. The Morgan fingerprint density at radius 1 is 1.33 bits per heavy atom. The highest BCUT2D eigenvalue weighted by Gasteiger charge is 2.21. The molecule has 0 radical (unpaired) electrons. The van der Waals surface area contributed by atoms with Crippen LogP contribution < -0.4 is 21.7 Å². The van der Waals surface area contributed by atoms with E-state index in [-0.39, 0.29) is 23.5 Å². The summed E-state index contributed by atoms with van der Waals surface area (Å²) in [6.45, 7) is 7.51. The van der Waals surface area contributed by atoms with Crippen molar-refractivity contribution in [3.8, 4) is 16.5 Å². The summed E-state index contributed by atoms with van der Waals surface area (Å²) >= 11 is 1.37. The lowest BCUT2D eigenvalue weighted by atomic mass is 10.3. The second-order valence-electron chi connectivity index (χ2n) is 8.63. The number of thiophene rings is 1. The van der Waals surface area contributed by atoms with Gasteiger partial charge in [0, 0.05) is 24.4 Å². The number of aromatic amines is 2. The summed E-state index contributed by atoms with van der Waals surface area (Å²) in [4.78, 5) is 42.4. The standard InChI is InChI=1S/C24H28N8O3S/c1-3-31(4-2)10-9-25-23(34)19-8-7-18(36-19)16-12-20(27-15-5-6-15)32-21(28-16)14(13-26-32)11-17-22(33)30-24(35)29-17/h7-8,11-13,15,33H,3-6,9-10H2,1-2H3,(H,25,34)(H2,29,30,35)/b14-11+,27-20?. The monoisotopic (exact) mass is 508 g/mol. The maximum Gasteiger partial charge on any atom is 0.326 e. The first kappa shape index (κ1) is 23.9. The smallest absolute Gasteiger partial charge is 0.326 e. The number of nitrogens with zero attached hydrogens (tertiary/aromatic N) is 5. The van der Waals surface area contributed by atoms with E-state index in [4.69, 9.17) is 9.98 Å². The van der Waals surface area contributed by atoms with Gasteiger partial charge in [-0.25, -0.2) is 9.78 Å². The molecule has 36 heavy (non-hydrogen) atoms. The number of nitrogens with one attached hydrogen (secondary N) is 3. The molecule has 4 N–H and O–H groups in total. The average Bonchev–Trinajstić information content (AvgIpc) is 3.25. The van der Waals surface area contributed by atoms with Gasteiger partial charge in [-0.3, -0.25) is 14.8 Å². The Kier molecular flexibility index (Phi) is 6.70. The predicted molar refractivity (Wildman–Crippen MR) is 137 cm³/mol. The lowest BCUT2D eigenvalue weighted by Crippen LogP contribution is -2.34. The summed E-state index contributed by atoms with van der Waals surface area (Å²) in [5.74, 6) is -0.360. The van der Waals surface area contributed by atoms with Crippen molar-refractivity contribution in [1.29, 1.82) is 0 Å². The van der Waals surface area contributed by atoms with E-state index in [0.29, 0.717) is 33.5 Å². The highest BCUT2D eigenvalue weighted by Crippen LogP contribution is 2.27. The van der Waals surface area contributed by atoms with Crippen molar-refractivity contribution in [3.05, 3.63) is 56.2 Å². The molecule has 188 valence electrons. The van der Waals surface area contributed by atoms with Crippen molar-refractivity contribution >= 4 is 29.0 Å². The first-order valence-corrected chi connectivity index (χ1v) is 12.8. The molecule has 0 bridgehead atoms. The van der Waals surface area contributed by atoms with Crippen LogP contribution in [0.4, 0.5) is 0 Å². The maximum absolute atomic E-state index is 12.7. The molecule has 1 aliphatic rings. The second kappa shape index (κ2) is 10.1. The number of aromatic hydroxyl groups is 1. The van der Waals surface area contributed by atoms with Crippen LogP contribution in [0.3, 0.4) is 0 Å². The van der Waals surface area contributed by atoms with Gasteiger partial charge in [-0.1, -0.05) is 13.8 Å². The van der Waals surface area contributed by atoms with E-state index in [1.807, 2.05) is 18.2 Å². The third kappa shape index (κ3) is 5.09. The van der Waals surface area contributed by atoms with Gasteiger partial charge in [0.1, 0.15) is 5.69 Å². The summed E-state index contributed by atoms with van der Waals surface area (Å²) in [6, 6.07) is 5.84. The number of hydrogen-bond donors (Lipinski definition) is 4. The Balaban J connectivity index is 1.49. The number of amides is 1. The van der Waals surface area contributed by atoms with E-state index in [0.717, 1.165) is 37.4 Å². The van der Waals surface area contributed by atoms with Gasteiger partial charge in [-0.15, -0.1) is 11.3 Å². The summed E-state index contributed by atoms with van der Waals surface area (Å²) in [5.41, 5.74) is 1.61. The number of carbonyl (C=O) groups is 1. The molecule has 0 aromatic carbocycles. The van der Waals surface area contributed by atoms with Gasteiger partial charge in [-0.2, -0.15) is 9.61 Å². The molecule has 0 saturated heterocycles. The first-order chi connectivity index (χ1) is 17.4. The van der Waals surface area contributed by atoms with E-state index in [9.17, 15) is 14.7 Å². The van der Waals surface area contributed by atoms with Crippen molar-refractivity contribution in [1.82, 2.24) is 34.8 Å². The Morgan fingerprint density at radius 3 is 2.83 bits per heavy atom. The summed E-state index contributed by atoms with van der Waals surface area (Å²) in [6.07, 6.45) is 5.30. The van der Waals surface area contributed by atoms with E-state index >= 15 is 0 Å². The number of aromatic nitrogens is 5. The molecule has 0 unspecified atom stereocenters. The van der Waals surface area contributed by atoms with Gasteiger partial charge >= 0.3 is 5.69 Å². The highest BCUT2D eigenvalue weighted by atomic mass is 32.1. The Hall–Kier alpha value is -3.77. The van der Waals surface area contributed by atoms with Gasteiger partial charge in [0.05, 0.1) is 27.7 Å². The Morgan fingerprint density at radius 2 is 2.14 bits per heavy atom. The van der Waals surface area contributed by atoms with Crippen molar-refractivity contribution < 1.29 is 9.90 Å². The molecule has 5 rings (SSSR count). The topological polar surface area (TPSA) is 144 Å². The number of imidazole rings is 1. The van der Waals surface area contributed by atoms with Crippen LogP contribution >= 0.6 is 11.3 Å². The summed E-state index contributed by atoms with van der Waals surface area (Å²) < 4.78 is 1.66. The third-order valence-electron chi connectivity index (χ3n) is 6.07. The number of H-pyrrole nitrogens is 2. The molecule has 1 aliphatic carbocycles. The van der Waals surface area contributed by atoms with Crippen LogP contribution in [0.2, 0.25) is 0 Å². The van der Waals surface area contributed by atoms with Crippen LogP contribution in [-0.4, -0.2) is 72.7 Å². The van der Waals surface area contributed by atoms with Crippen molar-refractivity contribution in [2.75, 3.05) is 26.2 Å². The SMILES string of the molecule is CCN(CC)CCNC(=O)c1ccc(-c2cc(=NC3CC3)n3nc/c(=C\c4[nH]c(=O)[nH]c4O)c3n2)s1. The highest BCUT2D eigenvalue weighted by molar-refractivity contribution is 7.17. The molecular weight excluding hydrogens is 480 g/mol. The van der Waals surface area contributed by atoms with Gasteiger partial charge < -0.3 is 20.3 Å². The van der Waals surface area contributed by atoms with Crippen LogP contribution in [-0.2, 0) is 0 Å². The van der Waals surface area contributed by atoms with Crippen LogP contribution in [0, 0.1) is 0 Å². The van der Waals surface area contributed by atoms with E-state index < -0.39 is 5.69 Å². The molecule has 1 amide bonds. The van der Waals surface area contributed by atoms with Gasteiger partial charge in [0.25, 0.3) is 5.91 Å². The average molecular weight is 509 g/mol. The number of rotatable bonds is 9. The zero-order valence-electron chi connectivity index (χ0n) is 20.1. The van der Waals surface area contributed by atoms with E-state index in [1.54, 1.807) is 16.8 Å². The first-order valence-electron chi connectivity index (χ1n) is 12.0. The minimum absolute atomic E-state index is 0.104. The minimum atomic E-state index is -0.505. The van der Waals surface area contributed by atoms with E-state index in [1.165, 1.54) is 11.3 Å². The molecule has 11 nitrogen and oxygen atoms in total. The number of likely N-dealkylation sites (N-methyl/N-ethyl adjacent to an activating group) is 1. The largest absolute Gasteiger partial charge is 0.493 e. The second-order valence-corrected chi connectivity index (χ2v) is 9.71. The lowest BCUT2D eigenvalue weighted by Gasteiger charge is -2.17. The molecule has 0 aliphatic heterocycles. The Labute approximate surface area is 210 Å². The maximum atomic E-state index is 12.7. The summed E-state index contributed by atoms with van der Waals surface area (Å²) in [7, 11) is 0. The van der Waals surface area contributed by atoms with Gasteiger partial charge in [-0.05, 0) is 44.1 Å². The molecule has 12 heteroatoms. The Bertz CT molecular complexity index is 1570. The molecule has 0 atom stereocenters. The third-order valence-corrected chi connectivity index (χ3v) is 7.17. The predicted octanol–water partition coefficient (Wildman–Crippen LogP) is 0.862.